The van der Waals surface area contributed by atoms with Crippen molar-refractivity contribution in [3.05, 3.63) is 126 Å². The van der Waals surface area contributed by atoms with Crippen molar-refractivity contribution in [3.8, 4) is 0 Å². The van der Waals surface area contributed by atoms with Crippen molar-refractivity contribution in [2.24, 2.45) is 0 Å². The summed E-state index contributed by atoms with van der Waals surface area (Å²) in [5, 5.41) is 40.9. The van der Waals surface area contributed by atoms with Gasteiger partial charge in [0.05, 0.1) is 74.7 Å². The average Bonchev–Trinajstić information content (AvgIpc) is 1.61. The van der Waals surface area contributed by atoms with E-state index in [2.05, 4.69) is 77.1 Å². The topological polar surface area (TPSA) is 548 Å². The molecule has 0 amide bonds. The van der Waals surface area contributed by atoms with Crippen LogP contribution in [-0.2, 0) is 166 Å². The highest BCUT2D eigenvalue weighted by molar-refractivity contribution is 8.07. The summed E-state index contributed by atoms with van der Waals surface area (Å²) in [6.45, 7) is -4.02. The lowest BCUT2D eigenvalue weighted by Crippen LogP contribution is -2.38. The zero-order chi connectivity index (χ0) is 103. The smallest absolute Gasteiger partial charge is 0.325 e. The van der Waals surface area contributed by atoms with E-state index in [1.807, 2.05) is 18.3 Å². The van der Waals surface area contributed by atoms with Crippen LogP contribution in [0.5, 0.6) is 0 Å². The average molecular weight is 2200 g/mol. The molecular weight excluding hydrogens is 2110 g/mol. The van der Waals surface area contributed by atoms with Crippen molar-refractivity contribution in [2.75, 3.05) is 111 Å². The Morgan fingerprint density at radius 3 is 0.980 bits per heavy atom. The number of halogens is 4. The minimum atomic E-state index is -4.56. The predicted molar refractivity (Wildman–Crippen MR) is 529 cm³/mol. The SMILES string of the molecule is [B]P1(=O)OC[C@H]2O[C@@H](n3cc4c5c(ncnc53)NCCC4)C(F)[C@H]2OP([B])(=O)OC[C@H]2O[C@@H](n3cc4c5c(ccnc53)NCCC4)[C@@H](F)C2O1.[B]P1(=O)OC[C@H]2O[C@@H](n3cc4c5c(ncnc53)NCCC4)C(F)[C@H]2OP([B])(=O)OC[C@H]2O[C@@H](n3cc4c5c(ccnc53)NCCC4)[C@@H](O)C2O1.[B]P1(=O)OC[C@H]2O[C@@H](n3cc4c5c(ncnc53)NOCC4)C(O)[C@H]2OP(O)(=S)OC[C@H]2O[C@@H](n3cc4c5c(ccnc53)NOCC4)[C@@H](F)C2O1. The molecule has 0 aliphatic carbocycles. The lowest BCUT2D eigenvalue weighted by Gasteiger charge is -2.30. The molecule has 9 saturated heterocycles. The number of aliphatic hydroxyl groups excluding tert-OH is 2. The van der Waals surface area contributed by atoms with Gasteiger partial charge in [0, 0.05) is 122 Å². The predicted octanol–water partition coefficient (Wildman–Crippen LogP) is 9.19. The lowest BCUT2D eigenvalue weighted by molar-refractivity contribution is -0.0570. The van der Waals surface area contributed by atoms with Crippen LogP contribution in [0, 0.1) is 0 Å². The van der Waals surface area contributed by atoms with E-state index in [-0.39, 0.29) is 0 Å². The Hall–Kier alpha value is -8.35. The molecule has 0 bridgehead atoms. The summed E-state index contributed by atoms with van der Waals surface area (Å²) in [7, 11) is 7.44. The van der Waals surface area contributed by atoms with Crippen LogP contribution in [0.3, 0.4) is 0 Å². The Morgan fingerprint density at radius 1 is 0.327 bits per heavy atom. The first kappa shape index (κ1) is 102. The van der Waals surface area contributed by atoms with E-state index in [1.165, 1.54) is 43.4 Å². The first-order valence-electron chi connectivity index (χ1n) is 48.5. The molecule has 0 spiro atoms. The highest BCUT2D eigenvalue weighted by Gasteiger charge is 2.60. The molecule has 10 radical (unpaired) electrons. The van der Waals surface area contributed by atoms with Gasteiger partial charge in [-0.25, -0.2) is 67.9 Å². The van der Waals surface area contributed by atoms with E-state index in [9.17, 15) is 37.9 Å². The molecule has 12 aromatic heterocycles. The zero-order valence-electron chi connectivity index (χ0n) is 78.8. The third kappa shape index (κ3) is 19.0. The van der Waals surface area contributed by atoms with Gasteiger partial charge in [0.15, 0.2) is 67.9 Å². The molecule has 9 fully saturated rings. The van der Waals surface area contributed by atoms with Crippen molar-refractivity contribution in [3.63, 3.8) is 0 Å². The molecule has 30 atom stereocenters. The normalized spacial score (nSPS) is 37.5. The number of rotatable bonds is 6. The minimum Gasteiger partial charge on any atom is -0.386 e. The second-order valence-electron chi connectivity index (χ2n) is 38.3. The molecule has 12 aromatic rings. The van der Waals surface area contributed by atoms with Gasteiger partial charge in [0.25, 0.3) is 37.4 Å². The van der Waals surface area contributed by atoms with E-state index in [1.54, 1.807) is 58.6 Å². The van der Waals surface area contributed by atoms with E-state index in [0.717, 1.165) is 130 Å². The zero-order valence-corrected chi connectivity index (χ0v) is 85.0. The van der Waals surface area contributed by atoms with E-state index < -0.39 is 231 Å². The first-order valence-corrected chi connectivity index (χ1v) is 59.1. The van der Waals surface area contributed by atoms with Gasteiger partial charge < -0.3 is 142 Å². The number of alkyl halides is 4. The van der Waals surface area contributed by atoms with Crippen molar-refractivity contribution < 1.29 is 148 Å². The number of nitrogens with zero attached hydrogens (tertiary/aromatic N) is 15. The van der Waals surface area contributed by atoms with Crippen molar-refractivity contribution in [2.45, 2.75) is 212 Å². The molecule has 0 aromatic carbocycles. The number of hydrogen-bond acceptors (Lipinski definition) is 43. The molecule has 65 heteroatoms. The third-order valence-electron chi connectivity index (χ3n) is 28.9. The Bertz CT molecular complexity index is 6480. The van der Waals surface area contributed by atoms with Crippen LogP contribution in [0.1, 0.15) is 96.4 Å². The van der Waals surface area contributed by atoms with Crippen molar-refractivity contribution >= 4 is 194 Å². The van der Waals surface area contributed by atoms with Crippen LogP contribution in [0.2, 0.25) is 0 Å². The molecule has 784 valence electrons. The van der Waals surface area contributed by atoms with Gasteiger partial charge >= 0.3 is 6.72 Å². The van der Waals surface area contributed by atoms with Gasteiger partial charge in [0.2, 0.25) is 37.8 Å². The van der Waals surface area contributed by atoms with Crippen LogP contribution in [-0.4, -0.2) is 314 Å². The number of aryl methyl sites for hydroxylation is 4. The monoisotopic (exact) mass is 2200 g/mol. The van der Waals surface area contributed by atoms with Crippen LogP contribution >= 0.6 is 44.1 Å². The number of ether oxygens (including phenoxy) is 6. The number of hydrogen-bond donors (Lipinski definition) is 9. The molecule has 9 N–H and O–H groups in total. The second-order valence-corrected chi connectivity index (χ2v) is 48.9. The molecule has 0 saturated carbocycles. The van der Waals surface area contributed by atoms with Gasteiger partial charge in [-0.1, -0.05) is 0 Å². The molecule has 27 heterocycles. The summed E-state index contributed by atoms with van der Waals surface area (Å²) in [6, 6.07) is 5.45. The van der Waals surface area contributed by atoms with E-state index >= 15 is 17.6 Å². The van der Waals surface area contributed by atoms with Gasteiger partial charge in [-0.2, -0.15) is 0 Å². The lowest BCUT2D eigenvalue weighted by atomic mass is 10.1. The molecular formula is C85H92B5F4N21O28P6S. The highest BCUT2D eigenvalue weighted by Crippen LogP contribution is 2.61. The van der Waals surface area contributed by atoms with Crippen molar-refractivity contribution in [1.29, 1.82) is 0 Å². The van der Waals surface area contributed by atoms with Gasteiger partial charge in [-0.3, -0.25) is 42.5 Å². The number of nitrogens with one attached hydrogen (secondary N) is 6. The largest absolute Gasteiger partial charge is 0.386 e. The minimum absolute atomic E-state index is 0.350. The number of anilines is 6. The fourth-order valence-corrected chi connectivity index (χ4v) is 28.7. The second kappa shape index (κ2) is 40.1. The number of aromatic nitrogens is 15. The summed E-state index contributed by atoms with van der Waals surface area (Å²) in [5.41, 5.74) is 16.1. The van der Waals surface area contributed by atoms with Crippen LogP contribution in [0.25, 0.3) is 66.2 Å². The standard InChI is InChI=1S/C29H31B2F2N7O8P2.C29H32B2FN7O9P2.C27H29BFN7O11P2S/c30-49(41)44-12-18-24(22(33)29(46-18)40-10-15-4-2-7-35-25-20(15)27(40)38-13-37-25)48-50(31,42)43-11-17-23(47-49)21(32)28(45-17)39-9-14-3-1-6-34-16-5-8-36-26(39)19(14)16;30-49(41)44-12-18-24(22(40)29(46-18)39-9-14-3-1-6-33-16-5-8-35-26(39)19(14)16)48-50(31,42)43-11-17-23(47-49)21(32)28(45-17)38-10-15-4-2-7-34-25-20(15)27(38)37-13-36-25;28-48(38)42-9-16-22(20(37)27(45-16)36-8-13-3-6-41-34-23-18(13)25(36)32-11-31-23)47-49(39,50)43-10-15-21(46-48)19(29)26(44-15)35-7-12-2-5-40-33-14-1-4-30-24(35)17(12)14/h5,8-10,13,17-18,21-24,28-29,34H,1-4,6-7,11-12H2,(H,35,37,38);5,8-10,13,17-18,21-24,28-29,33,40H,1-4,6-7,11-12H2,(H,34,36,37);1,4,7-8,11,15-16,19-22,26-27,33,37H,2-3,5-6,9-10H2,(H,39,50)(H,31,32,34)/t17-,18-,21+,22?,23?,24+,28-,29-,49?,50?;17-,18-,21?,22+,23+,24?,28-,29-,49?,50?;15-,16-,19+,20?,21?,22+,26-,27-,48?,49?/m111/s1. The Balaban J connectivity index is 0.000000116. The summed E-state index contributed by atoms with van der Waals surface area (Å²) in [4.78, 5) is 61.5. The molecule has 15 aliphatic rings. The maximum absolute atomic E-state index is 16.4. The molecule has 15 aliphatic heterocycles. The maximum atomic E-state index is 16.4. The number of aliphatic hydroxyl groups is 2. The van der Waals surface area contributed by atoms with E-state index in [4.69, 9.17) is 142 Å². The summed E-state index contributed by atoms with van der Waals surface area (Å²) in [6.07, 6.45) is -8.59. The molecule has 49 nitrogen and oxygen atoms in total. The van der Waals surface area contributed by atoms with Gasteiger partial charge in [-0.05, 0) is 115 Å². The van der Waals surface area contributed by atoms with Crippen LogP contribution < -0.4 is 32.2 Å². The van der Waals surface area contributed by atoms with Gasteiger partial charge in [0.1, 0.15) is 150 Å². The molecule has 27 rings (SSSR count). The van der Waals surface area contributed by atoms with Crippen molar-refractivity contribution in [1.82, 2.24) is 72.3 Å². The fraction of sp³-hybridized carbons (Fsp3) is 0.541. The number of pyridine rings is 3. The summed E-state index contributed by atoms with van der Waals surface area (Å²) < 4.78 is 247. The Morgan fingerprint density at radius 2 is 0.600 bits per heavy atom. The molecule has 12 unspecified atom stereocenters. The number of fused-ring (bicyclic) bond motifs is 6. The fourth-order valence-electron chi connectivity index (χ4n) is 22.2. The summed E-state index contributed by atoms with van der Waals surface area (Å²) in [5.74, 6) is 1.67. The maximum Gasteiger partial charge on any atom is 0.325 e. The first-order chi connectivity index (χ1) is 72.2. The van der Waals surface area contributed by atoms with Crippen LogP contribution in [0.4, 0.5) is 52.1 Å². The quantitative estimate of drug-likeness (QED) is 0.0425. The highest BCUT2D eigenvalue weighted by atomic mass is 32.5. The van der Waals surface area contributed by atoms with Crippen LogP contribution in [0.15, 0.2) is 93.0 Å². The Labute approximate surface area is 859 Å². The third-order valence-corrected chi connectivity index (χ3v) is 35.7. The summed E-state index contributed by atoms with van der Waals surface area (Å²) >= 11 is 5.33. The molecule has 150 heavy (non-hydrogen) atoms. The Kier molecular flexibility index (Phi) is 27.3. The van der Waals surface area contributed by atoms with Gasteiger partial charge in [-0.15, -0.1) is 0 Å². The van der Waals surface area contributed by atoms with E-state index in [0.29, 0.717) is 108 Å².